The highest BCUT2D eigenvalue weighted by Gasteiger charge is 2.01. The molecule has 1 aromatic heterocycles. The highest BCUT2D eigenvalue weighted by atomic mass is 35.5. The predicted octanol–water partition coefficient (Wildman–Crippen LogP) is 1.56. The molecule has 2 aromatic rings. The molecule has 78 valence electrons. The van der Waals surface area contributed by atoms with Crippen molar-refractivity contribution < 1.29 is 5.11 Å². The van der Waals surface area contributed by atoms with Crippen molar-refractivity contribution in [3.63, 3.8) is 0 Å². The number of aromatic amines is 1. The van der Waals surface area contributed by atoms with Crippen LogP contribution in [0.5, 0.6) is 5.88 Å². The molecule has 0 aliphatic rings. The van der Waals surface area contributed by atoms with Crippen molar-refractivity contribution in [3.8, 4) is 17.3 Å². The van der Waals surface area contributed by atoms with E-state index in [0.717, 1.165) is 11.6 Å². The van der Waals surface area contributed by atoms with Crippen LogP contribution in [0.15, 0.2) is 41.2 Å². The zero-order valence-electron chi connectivity index (χ0n) is 7.68. The van der Waals surface area contributed by atoms with Crippen LogP contribution in [-0.4, -0.2) is 15.1 Å². The van der Waals surface area contributed by atoms with Gasteiger partial charge < -0.3 is 10.1 Å². The average molecular weight is 225 g/mol. The summed E-state index contributed by atoms with van der Waals surface area (Å²) in [6.45, 7) is 0. The number of aromatic hydroxyl groups is 1. The number of nitrogens with one attached hydrogen (secondary N) is 1. The maximum Gasteiger partial charge on any atom is 0.254 e. The van der Waals surface area contributed by atoms with Gasteiger partial charge in [0.15, 0.2) is 0 Å². The van der Waals surface area contributed by atoms with Gasteiger partial charge in [0.2, 0.25) is 5.88 Å². The van der Waals surface area contributed by atoms with Gasteiger partial charge in [-0.3, -0.25) is 4.79 Å². The van der Waals surface area contributed by atoms with Gasteiger partial charge in [0.25, 0.3) is 5.56 Å². The molecule has 0 unspecified atom stereocenters. The number of hydrogen-bond acceptors (Lipinski definition) is 3. The SMILES string of the molecule is Cl.O=c1cc(O)nc(-c2ccccc2)[nH]1. The second-order valence-corrected chi connectivity index (χ2v) is 2.82. The summed E-state index contributed by atoms with van der Waals surface area (Å²) in [4.78, 5) is 17.4. The van der Waals surface area contributed by atoms with Crippen molar-refractivity contribution in [2.75, 3.05) is 0 Å². The van der Waals surface area contributed by atoms with Crippen LogP contribution in [0.3, 0.4) is 0 Å². The van der Waals surface area contributed by atoms with Crippen molar-refractivity contribution >= 4 is 12.4 Å². The van der Waals surface area contributed by atoms with Gasteiger partial charge in [0, 0.05) is 5.56 Å². The van der Waals surface area contributed by atoms with Crippen LogP contribution in [-0.2, 0) is 0 Å². The molecule has 0 radical (unpaired) electrons. The van der Waals surface area contributed by atoms with Crippen LogP contribution in [0.2, 0.25) is 0 Å². The lowest BCUT2D eigenvalue weighted by atomic mass is 10.2. The lowest BCUT2D eigenvalue weighted by molar-refractivity contribution is 0.452. The summed E-state index contributed by atoms with van der Waals surface area (Å²) in [7, 11) is 0. The van der Waals surface area contributed by atoms with E-state index in [1.807, 2.05) is 18.2 Å². The second kappa shape index (κ2) is 4.61. The maximum atomic E-state index is 11.0. The largest absolute Gasteiger partial charge is 0.493 e. The molecule has 1 aromatic carbocycles. The summed E-state index contributed by atoms with van der Waals surface area (Å²) >= 11 is 0. The van der Waals surface area contributed by atoms with E-state index in [2.05, 4.69) is 9.97 Å². The van der Waals surface area contributed by atoms with Crippen molar-refractivity contribution in [2.45, 2.75) is 0 Å². The van der Waals surface area contributed by atoms with Crippen LogP contribution < -0.4 is 5.56 Å². The highest BCUT2D eigenvalue weighted by molar-refractivity contribution is 5.85. The summed E-state index contributed by atoms with van der Waals surface area (Å²) in [5.41, 5.74) is 0.400. The first-order valence-electron chi connectivity index (χ1n) is 4.11. The molecule has 15 heavy (non-hydrogen) atoms. The number of hydrogen-bond donors (Lipinski definition) is 2. The Bertz CT molecular complexity index is 496. The number of halogens is 1. The third-order valence-electron chi connectivity index (χ3n) is 1.78. The zero-order valence-corrected chi connectivity index (χ0v) is 8.49. The van der Waals surface area contributed by atoms with Gasteiger partial charge in [-0.2, -0.15) is 4.98 Å². The van der Waals surface area contributed by atoms with E-state index in [0.29, 0.717) is 5.82 Å². The molecular formula is C10H9ClN2O2. The molecule has 0 saturated carbocycles. The Kier molecular flexibility index (Phi) is 3.46. The first kappa shape index (κ1) is 11.3. The van der Waals surface area contributed by atoms with Gasteiger partial charge >= 0.3 is 0 Å². The summed E-state index contributed by atoms with van der Waals surface area (Å²) in [5.74, 6) is 0.100. The van der Waals surface area contributed by atoms with Crippen molar-refractivity contribution in [3.05, 3.63) is 46.8 Å². The number of benzene rings is 1. The molecule has 0 amide bonds. The van der Waals surface area contributed by atoms with Gasteiger partial charge in [-0.1, -0.05) is 30.3 Å². The van der Waals surface area contributed by atoms with E-state index in [9.17, 15) is 4.79 Å². The van der Waals surface area contributed by atoms with E-state index < -0.39 is 0 Å². The zero-order chi connectivity index (χ0) is 9.97. The van der Waals surface area contributed by atoms with E-state index >= 15 is 0 Å². The Balaban J connectivity index is 0.00000112. The molecular weight excluding hydrogens is 216 g/mol. The summed E-state index contributed by atoms with van der Waals surface area (Å²) in [6, 6.07) is 10.2. The summed E-state index contributed by atoms with van der Waals surface area (Å²) in [6.07, 6.45) is 0. The molecule has 0 saturated heterocycles. The fourth-order valence-corrected chi connectivity index (χ4v) is 1.18. The number of rotatable bonds is 1. The third-order valence-corrected chi connectivity index (χ3v) is 1.78. The van der Waals surface area contributed by atoms with Crippen LogP contribution in [0.25, 0.3) is 11.4 Å². The molecule has 0 atom stereocenters. The standard InChI is InChI=1S/C10H8N2O2.ClH/c13-8-6-9(14)12-10(11-8)7-4-2-1-3-5-7;/h1-6H,(H2,11,12,13,14);1H. The smallest absolute Gasteiger partial charge is 0.254 e. The molecule has 0 spiro atoms. The van der Waals surface area contributed by atoms with Gasteiger partial charge in [0.05, 0.1) is 6.07 Å². The minimum atomic E-state index is -0.364. The Labute approximate surface area is 92.0 Å². The normalized spacial score (nSPS) is 9.33. The Morgan fingerprint density at radius 2 is 1.87 bits per heavy atom. The van der Waals surface area contributed by atoms with E-state index in [4.69, 9.17) is 5.11 Å². The third kappa shape index (κ3) is 2.57. The second-order valence-electron chi connectivity index (χ2n) is 2.82. The Morgan fingerprint density at radius 1 is 1.20 bits per heavy atom. The molecule has 2 N–H and O–H groups in total. The first-order valence-corrected chi connectivity index (χ1v) is 4.11. The van der Waals surface area contributed by atoms with Crippen molar-refractivity contribution in [2.24, 2.45) is 0 Å². The molecule has 2 rings (SSSR count). The number of aromatic nitrogens is 2. The predicted molar refractivity (Wildman–Crippen MR) is 59.2 cm³/mol. The monoisotopic (exact) mass is 224 g/mol. The fraction of sp³-hybridized carbons (Fsp3) is 0. The first-order chi connectivity index (χ1) is 6.75. The Morgan fingerprint density at radius 3 is 2.47 bits per heavy atom. The minimum Gasteiger partial charge on any atom is -0.493 e. The lowest BCUT2D eigenvalue weighted by Crippen LogP contribution is -2.06. The molecule has 0 fully saturated rings. The van der Waals surface area contributed by atoms with Gasteiger partial charge in [0.1, 0.15) is 5.82 Å². The van der Waals surface area contributed by atoms with Crippen LogP contribution >= 0.6 is 12.4 Å². The maximum absolute atomic E-state index is 11.0. The van der Waals surface area contributed by atoms with Crippen LogP contribution in [0.4, 0.5) is 0 Å². The number of nitrogens with zero attached hydrogens (tertiary/aromatic N) is 1. The summed E-state index contributed by atoms with van der Waals surface area (Å²) in [5, 5.41) is 9.12. The van der Waals surface area contributed by atoms with Crippen LogP contribution in [0.1, 0.15) is 0 Å². The van der Waals surface area contributed by atoms with E-state index in [1.165, 1.54) is 0 Å². The molecule has 1 heterocycles. The van der Waals surface area contributed by atoms with Gasteiger partial charge in [-0.15, -0.1) is 12.4 Å². The molecule has 0 aliphatic carbocycles. The average Bonchev–Trinajstić information content (AvgIpc) is 2.18. The summed E-state index contributed by atoms with van der Waals surface area (Å²) < 4.78 is 0. The minimum absolute atomic E-state index is 0. The van der Waals surface area contributed by atoms with Crippen molar-refractivity contribution in [1.82, 2.24) is 9.97 Å². The van der Waals surface area contributed by atoms with E-state index in [1.54, 1.807) is 12.1 Å². The van der Waals surface area contributed by atoms with E-state index in [-0.39, 0.29) is 23.8 Å². The van der Waals surface area contributed by atoms with Crippen LogP contribution in [0, 0.1) is 0 Å². The lowest BCUT2D eigenvalue weighted by Gasteiger charge is -1.99. The Hall–Kier alpha value is -1.81. The molecule has 0 bridgehead atoms. The van der Waals surface area contributed by atoms with Crippen molar-refractivity contribution in [1.29, 1.82) is 0 Å². The molecule has 4 nitrogen and oxygen atoms in total. The topological polar surface area (TPSA) is 66.0 Å². The highest BCUT2D eigenvalue weighted by Crippen LogP contribution is 2.13. The molecule has 5 heteroatoms. The van der Waals surface area contributed by atoms with Gasteiger partial charge in [-0.25, -0.2) is 0 Å². The van der Waals surface area contributed by atoms with Gasteiger partial charge in [-0.05, 0) is 0 Å². The fourth-order valence-electron chi connectivity index (χ4n) is 1.18. The molecule has 0 aliphatic heterocycles. The number of H-pyrrole nitrogens is 1. The quantitative estimate of drug-likeness (QED) is 0.773.